The summed E-state index contributed by atoms with van der Waals surface area (Å²) < 4.78 is 9.68. The fourth-order valence-electron chi connectivity index (χ4n) is 2.53. The van der Waals surface area contributed by atoms with Crippen molar-refractivity contribution in [3.63, 3.8) is 0 Å². The molecule has 3 aromatic carbocycles. The Balaban J connectivity index is 0.000000240. The first-order valence-electron chi connectivity index (χ1n) is 9.66. The third kappa shape index (κ3) is 8.73. The number of ether oxygens (including phenoxy) is 2. The number of rotatable bonds is 5. The Bertz CT molecular complexity index is 934. The van der Waals surface area contributed by atoms with Crippen molar-refractivity contribution in [2.45, 2.75) is 26.2 Å². The van der Waals surface area contributed by atoms with E-state index in [9.17, 15) is 5.11 Å². The normalized spacial score (nSPS) is 10.7. The van der Waals surface area contributed by atoms with Crippen molar-refractivity contribution in [3.8, 4) is 28.7 Å². The molecule has 8 nitrogen and oxygen atoms in total. The molecule has 0 radical (unpaired) electrons. The van der Waals surface area contributed by atoms with Crippen LogP contribution >= 0.6 is 0 Å². The van der Waals surface area contributed by atoms with Crippen LogP contribution in [0.3, 0.4) is 0 Å². The number of hydrogen-bond donors (Lipinski definition) is 6. The van der Waals surface area contributed by atoms with E-state index in [0.717, 1.165) is 0 Å². The molecule has 0 aliphatic heterocycles. The molecular formula is C24H30O8. The van der Waals surface area contributed by atoms with Gasteiger partial charge in [-0.15, -0.1) is 0 Å². The van der Waals surface area contributed by atoms with Crippen LogP contribution in [-0.2, 0) is 13.2 Å². The van der Waals surface area contributed by atoms with Crippen LogP contribution in [0.15, 0.2) is 60.7 Å². The highest BCUT2D eigenvalue weighted by Crippen LogP contribution is 2.26. The maximum Gasteiger partial charge on any atom is 0.160 e. The summed E-state index contributed by atoms with van der Waals surface area (Å²) in [7, 11) is 2.99. The maximum atomic E-state index is 9.19. The first-order chi connectivity index (χ1) is 15.2. The predicted octanol–water partition coefficient (Wildman–Crippen LogP) is 3.23. The molecule has 174 valence electrons. The summed E-state index contributed by atoms with van der Waals surface area (Å²) in [6.45, 7) is 1.46. The van der Waals surface area contributed by atoms with Crippen molar-refractivity contribution in [2.24, 2.45) is 0 Å². The van der Waals surface area contributed by atoms with Crippen molar-refractivity contribution in [3.05, 3.63) is 77.4 Å². The molecule has 1 atom stereocenters. The van der Waals surface area contributed by atoms with Gasteiger partial charge >= 0.3 is 0 Å². The van der Waals surface area contributed by atoms with E-state index < -0.39 is 6.10 Å². The standard InChI is InChI=1S/2C8H10O3.C8H10O2/c1-11-8-3-6(5-9)2-7(10)4-8;1-11-8-3-2-6(5-9)4-7(8)10;1-6(9)7-4-2-3-5-8(7)10/h2*2-4,9-10H,5H2,1H3;2-6,9-10H,1H3. The van der Waals surface area contributed by atoms with E-state index in [-0.39, 0.29) is 30.5 Å². The number of hydrogen-bond acceptors (Lipinski definition) is 8. The Kier molecular flexibility index (Phi) is 11.4. The van der Waals surface area contributed by atoms with E-state index in [1.807, 2.05) is 0 Å². The van der Waals surface area contributed by atoms with E-state index in [2.05, 4.69) is 0 Å². The minimum Gasteiger partial charge on any atom is -0.508 e. The van der Waals surface area contributed by atoms with Crippen molar-refractivity contribution in [1.82, 2.24) is 0 Å². The van der Waals surface area contributed by atoms with Crippen molar-refractivity contribution < 1.29 is 40.1 Å². The number of phenols is 3. The molecule has 0 spiro atoms. The fourth-order valence-corrected chi connectivity index (χ4v) is 2.53. The Labute approximate surface area is 187 Å². The lowest BCUT2D eigenvalue weighted by Gasteiger charge is -2.05. The minimum absolute atomic E-state index is 0.0547. The molecule has 0 saturated carbocycles. The molecule has 3 rings (SSSR count). The van der Waals surface area contributed by atoms with Crippen LogP contribution in [0.2, 0.25) is 0 Å². The van der Waals surface area contributed by atoms with Gasteiger partial charge in [0.15, 0.2) is 11.5 Å². The average Bonchev–Trinajstić information content (AvgIpc) is 2.79. The third-order valence-electron chi connectivity index (χ3n) is 4.18. The number of aliphatic hydroxyl groups is 3. The zero-order chi connectivity index (χ0) is 24.1. The number of aliphatic hydroxyl groups excluding tert-OH is 3. The second kappa shape index (κ2) is 13.8. The van der Waals surface area contributed by atoms with Crippen molar-refractivity contribution >= 4 is 0 Å². The molecule has 0 amide bonds. The van der Waals surface area contributed by atoms with Crippen LogP contribution in [0.1, 0.15) is 29.7 Å². The molecule has 0 aliphatic carbocycles. The largest absolute Gasteiger partial charge is 0.508 e. The Morgan fingerprint density at radius 1 is 0.750 bits per heavy atom. The zero-order valence-electron chi connectivity index (χ0n) is 18.3. The molecule has 3 aromatic rings. The van der Waals surface area contributed by atoms with Crippen LogP contribution in [0.25, 0.3) is 0 Å². The van der Waals surface area contributed by atoms with Gasteiger partial charge < -0.3 is 40.1 Å². The highest BCUT2D eigenvalue weighted by molar-refractivity contribution is 5.41. The first-order valence-corrected chi connectivity index (χ1v) is 9.66. The quantitative estimate of drug-likeness (QED) is 0.351. The SMILES string of the molecule is CC(O)c1ccccc1O.COc1cc(O)cc(CO)c1.COc1ccc(CO)cc1O. The van der Waals surface area contributed by atoms with E-state index in [0.29, 0.717) is 28.2 Å². The molecule has 1 unspecified atom stereocenters. The summed E-state index contributed by atoms with van der Waals surface area (Å²) in [6.07, 6.45) is -0.596. The van der Waals surface area contributed by atoms with Gasteiger partial charge in [0.2, 0.25) is 0 Å². The molecule has 0 fully saturated rings. The molecule has 32 heavy (non-hydrogen) atoms. The van der Waals surface area contributed by atoms with Gasteiger partial charge in [-0.05, 0) is 48.4 Å². The molecule has 0 bridgehead atoms. The predicted molar refractivity (Wildman–Crippen MR) is 120 cm³/mol. The number of benzene rings is 3. The lowest BCUT2D eigenvalue weighted by molar-refractivity contribution is 0.195. The zero-order valence-corrected chi connectivity index (χ0v) is 18.3. The topological polar surface area (TPSA) is 140 Å². The van der Waals surface area contributed by atoms with Gasteiger partial charge in [0.25, 0.3) is 0 Å². The van der Waals surface area contributed by atoms with E-state index in [1.54, 1.807) is 49.4 Å². The summed E-state index contributed by atoms with van der Waals surface area (Å²) in [4.78, 5) is 0. The molecule has 0 heterocycles. The van der Waals surface area contributed by atoms with Gasteiger partial charge in [-0.1, -0.05) is 24.3 Å². The molecule has 0 aromatic heterocycles. The number of aromatic hydroxyl groups is 3. The van der Waals surface area contributed by atoms with Crippen LogP contribution < -0.4 is 9.47 Å². The fraction of sp³-hybridized carbons (Fsp3) is 0.250. The first kappa shape index (κ1) is 26.6. The Hall–Kier alpha value is -3.46. The number of para-hydroxylation sites is 1. The van der Waals surface area contributed by atoms with Crippen molar-refractivity contribution in [1.29, 1.82) is 0 Å². The van der Waals surface area contributed by atoms with Gasteiger partial charge in [-0.3, -0.25) is 0 Å². The smallest absolute Gasteiger partial charge is 0.160 e. The summed E-state index contributed by atoms with van der Waals surface area (Å²) in [5, 5.41) is 53.8. The highest BCUT2D eigenvalue weighted by Gasteiger charge is 2.04. The van der Waals surface area contributed by atoms with Gasteiger partial charge in [0, 0.05) is 11.6 Å². The molecule has 6 N–H and O–H groups in total. The monoisotopic (exact) mass is 446 g/mol. The second-order valence-corrected chi connectivity index (χ2v) is 6.60. The third-order valence-corrected chi connectivity index (χ3v) is 4.18. The summed E-state index contributed by atoms with van der Waals surface area (Å²) in [5.41, 5.74) is 1.88. The molecule has 8 heteroatoms. The van der Waals surface area contributed by atoms with Crippen LogP contribution in [0.4, 0.5) is 0 Å². The van der Waals surface area contributed by atoms with Crippen LogP contribution in [0.5, 0.6) is 28.7 Å². The van der Waals surface area contributed by atoms with Crippen molar-refractivity contribution in [2.75, 3.05) is 14.2 Å². The Morgan fingerprint density at radius 3 is 1.88 bits per heavy atom. The lowest BCUT2D eigenvalue weighted by atomic mass is 10.1. The summed E-state index contributed by atoms with van der Waals surface area (Å²) in [6, 6.07) is 16.2. The second-order valence-electron chi connectivity index (χ2n) is 6.60. The van der Waals surface area contributed by atoms with Gasteiger partial charge in [0.1, 0.15) is 17.2 Å². The highest BCUT2D eigenvalue weighted by atomic mass is 16.5. The average molecular weight is 446 g/mol. The summed E-state index contributed by atoms with van der Waals surface area (Å²) >= 11 is 0. The summed E-state index contributed by atoms with van der Waals surface area (Å²) in [5.74, 6) is 1.28. The molecular weight excluding hydrogens is 416 g/mol. The maximum absolute atomic E-state index is 9.19. The molecule has 0 aliphatic rings. The van der Waals surface area contributed by atoms with Crippen LogP contribution in [-0.4, -0.2) is 44.9 Å². The van der Waals surface area contributed by atoms with E-state index >= 15 is 0 Å². The van der Waals surface area contributed by atoms with Gasteiger partial charge in [-0.2, -0.15) is 0 Å². The van der Waals surface area contributed by atoms with Gasteiger partial charge in [-0.25, -0.2) is 0 Å². The Morgan fingerprint density at radius 2 is 1.41 bits per heavy atom. The number of phenolic OH excluding ortho intramolecular Hbond substituents is 3. The minimum atomic E-state index is -0.596. The number of methoxy groups -OCH3 is 2. The van der Waals surface area contributed by atoms with Crippen LogP contribution in [0, 0.1) is 0 Å². The van der Waals surface area contributed by atoms with E-state index in [4.69, 9.17) is 35.0 Å². The van der Waals surface area contributed by atoms with E-state index in [1.165, 1.54) is 32.4 Å². The lowest BCUT2D eigenvalue weighted by Crippen LogP contribution is -1.89. The molecule has 0 saturated heterocycles. The van der Waals surface area contributed by atoms with Gasteiger partial charge in [0.05, 0.1) is 33.5 Å².